The first-order valence-corrected chi connectivity index (χ1v) is 14.0. The molecule has 0 aliphatic carbocycles. The second kappa shape index (κ2) is 11.7. The summed E-state index contributed by atoms with van der Waals surface area (Å²) in [5, 5.41) is 3.12. The van der Waals surface area contributed by atoms with Gasteiger partial charge < -0.3 is 20.7 Å². The SMILES string of the molecule is COc1ccc(F)c(F)c1C(=O)c1cnc(NC2CCN(S(=O)(=O)CCCN3CCCC3)CC2)nc1N. The van der Waals surface area contributed by atoms with E-state index >= 15 is 0 Å². The Labute approximate surface area is 215 Å². The molecule has 0 atom stereocenters. The van der Waals surface area contributed by atoms with Crippen molar-refractivity contribution in [2.75, 3.05) is 56.6 Å². The van der Waals surface area contributed by atoms with Gasteiger partial charge in [-0.25, -0.2) is 26.5 Å². The molecular formula is C24H32F2N6O4S. The maximum atomic E-state index is 14.3. The van der Waals surface area contributed by atoms with E-state index in [-0.39, 0.29) is 34.9 Å². The van der Waals surface area contributed by atoms with Crippen molar-refractivity contribution in [2.24, 2.45) is 0 Å². The van der Waals surface area contributed by atoms with Crippen molar-refractivity contribution >= 4 is 27.6 Å². The number of carbonyl (C=O) groups is 1. The van der Waals surface area contributed by atoms with Gasteiger partial charge in [-0.3, -0.25) is 4.79 Å². The third-order valence-corrected chi connectivity index (χ3v) is 8.78. The third-order valence-electron chi connectivity index (χ3n) is 6.82. The first-order valence-electron chi connectivity index (χ1n) is 12.4. The van der Waals surface area contributed by atoms with Crippen molar-refractivity contribution in [3.05, 3.63) is 41.1 Å². The van der Waals surface area contributed by atoms with Crippen molar-refractivity contribution in [1.29, 1.82) is 0 Å². The van der Waals surface area contributed by atoms with Crippen LogP contribution in [0.5, 0.6) is 5.75 Å². The molecule has 3 heterocycles. The number of ketones is 1. The maximum absolute atomic E-state index is 14.3. The van der Waals surface area contributed by atoms with E-state index < -0.39 is 33.0 Å². The van der Waals surface area contributed by atoms with Crippen LogP contribution in [0.25, 0.3) is 0 Å². The number of carbonyl (C=O) groups excluding carboxylic acids is 1. The molecule has 0 radical (unpaired) electrons. The van der Waals surface area contributed by atoms with E-state index in [9.17, 15) is 22.0 Å². The molecule has 4 rings (SSSR count). The lowest BCUT2D eigenvalue weighted by Crippen LogP contribution is -2.43. The molecule has 0 bridgehead atoms. The Hall–Kier alpha value is -2.90. The van der Waals surface area contributed by atoms with Gasteiger partial charge in [-0.15, -0.1) is 0 Å². The molecule has 0 amide bonds. The van der Waals surface area contributed by atoms with Gasteiger partial charge in [0.05, 0.1) is 18.4 Å². The second-order valence-electron chi connectivity index (χ2n) is 9.30. The van der Waals surface area contributed by atoms with Crippen molar-refractivity contribution in [3.63, 3.8) is 0 Å². The Morgan fingerprint density at radius 1 is 1.19 bits per heavy atom. The molecule has 2 aromatic rings. The van der Waals surface area contributed by atoms with Crippen molar-refractivity contribution in [2.45, 2.75) is 38.1 Å². The highest BCUT2D eigenvalue weighted by Gasteiger charge is 2.29. The van der Waals surface area contributed by atoms with E-state index in [1.54, 1.807) is 0 Å². The van der Waals surface area contributed by atoms with Crippen LogP contribution in [0, 0.1) is 11.6 Å². The molecule has 1 aromatic carbocycles. The van der Waals surface area contributed by atoms with E-state index in [4.69, 9.17) is 10.5 Å². The van der Waals surface area contributed by atoms with Crippen LogP contribution in [-0.2, 0) is 10.0 Å². The van der Waals surface area contributed by atoms with Crippen molar-refractivity contribution in [3.8, 4) is 5.75 Å². The molecule has 0 unspecified atom stereocenters. The fraction of sp³-hybridized carbons (Fsp3) is 0.542. The number of nitrogens with zero attached hydrogens (tertiary/aromatic N) is 4. The highest BCUT2D eigenvalue weighted by molar-refractivity contribution is 7.89. The molecular weight excluding hydrogens is 506 g/mol. The Morgan fingerprint density at radius 2 is 1.89 bits per heavy atom. The average molecular weight is 539 g/mol. The van der Waals surface area contributed by atoms with Gasteiger partial charge in [0.15, 0.2) is 11.6 Å². The summed E-state index contributed by atoms with van der Waals surface area (Å²) >= 11 is 0. The van der Waals surface area contributed by atoms with E-state index in [0.717, 1.165) is 38.0 Å². The molecule has 2 aliphatic heterocycles. The van der Waals surface area contributed by atoms with Crippen LogP contribution >= 0.6 is 0 Å². The first-order chi connectivity index (χ1) is 17.7. The highest BCUT2D eigenvalue weighted by atomic mass is 32.2. The number of hydrogen-bond acceptors (Lipinski definition) is 9. The van der Waals surface area contributed by atoms with Gasteiger partial charge in [0.2, 0.25) is 21.8 Å². The number of likely N-dealkylation sites (tertiary alicyclic amines) is 1. The fourth-order valence-electron chi connectivity index (χ4n) is 4.76. The number of sulfonamides is 1. The number of anilines is 2. The quantitative estimate of drug-likeness (QED) is 0.438. The van der Waals surface area contributed by atoms with Crippen molar-refractivity contribution < 1.29 is 26.7 Å². The number of benzene rings is 1. The molecule has 3 N–H and O–H groups in total. The molecule has 37 heavy (non-hydrogen) atoms. The normalized spacial score (nSPS) is 17.7. The van der Waals surface area contributed by atoms with Gasteiger partial charge in [-0.05, 0) is 63.9 Å². The number of halogens is 2. The monoisotopic (exact) mass is 538 g/mol. The lowest BCUT2D eigenvalue weighted by molar-refractivity contribution is 0.103. The number of methoxy groups -OCH3 is 1. The summed E-state index contributed by atoms with van der Waals surface area (Å²) in [4.78, 5) is 23.4. The summed E-state index contributed by atoms with van der Waals surface area (Å²) in [6.07, 6.45) is 5.26. The predicted molar refractivity (Wildman–Crippen MR) is 135 cm³/mol. The molecule has 13 heteroatoms. The molecule has 0 saturated carbocycles. The summed E-state index contributed by atoms with van der Waals surface area (Å²) in [5.74, 6) is -3.47. The Bertz CT molecular complexity index is 1230. The number of hydrogen-bond donors (Lipinski definition) is 2. The Morgan fingerprint density at radius 3 is 2.54 bits per heavy atom. The number of aromatic nitrogens is 2. The first kappa shape index (κ1) is 27.1. The minimum Gasteiger partial charge on any atom is -0.496 e. The standard InChI is InChI=1S/C24H32F2N6O4S/c1-36-19-6-5-18(25)21(26)20(19)22(33)17-15-28-24(30-23(17)27)29-16-7-12-32(13-8-16)37(34,35)14-4-11-31-9-2-3-10-31/h5-6,15-16H,2-4,7-14H2,1H3,(H3,27,28,29,30). The smallest absolute Gasteiger partial charge is 0.224 e. The van der Waals surface area contributed by atoms with Crippen LogP contribution in [0.2, 0.25) is 0 Å². The summed E-state index contributed by atoms with van der Waals surface area (Å²) in [7, 11) is -2.07. The largest absolute Gasteiger partial charge is 0.496 e. The zero-order chi connectivity index (χ0) is 26.6. The van der Waals surface area contributed by atoms with Gasteiger partial charge in [0, 0.05) is 25.3 Å². The zero-order valence-electron chi connectivity index (χ0n) is 20.8. The topological polar surface area (TPSA) is 131 Å². The molecule has 2 aliphatic rings. The number of piperidine rings is 1. The van der Waals surface area contributed by atoms with Crippen LogP contribution in [0.1, 0.15) is 48.0 Å². The number of rotatable bonds is 10. The fourth-order valence-corrected chi connectivity index (χ4v) is 6.27. The van der Waals surface area contributed by atoms with Gasteiger partial charge in [0.1, 0.15) is 17.1 Å². The van der Waals surface area contributed by atoms with Crippen LogP contribution in [0.4, 0.5) is 20.5 Å². The third kappa shape index (κ3) is 6.33. The molecule has 10 nitrogen and oxygen atoms in total. The summed E-state index contributed by atoms with van der Waals surface area (Å²) in [6, 6.07) is 1.93. The van der Waals surface area contributed by atoms with Gasteiger partial charge in [0.25, 0.3) is 0 Å². The van der Waals surface area contributed by atoms with Gasteiger partial charge in [-0.2, -0.15) is 4.98 Å². The zero-order valence-corrected chi connectivity index (χ0v) is 21.6. The Balaban J connectivity index is 1.33. The minimum absolute atomic E-state index is 0.0854. The highest BCUT2D eigenvalue weighted by Crippen LogP contribution is 2.28. The number of ether oxygens (including phenoxy) is 1. The lowest BCUT2D eigenvalue weighted by atomic mass is 10.0. The predicted octanol–water partition coefficient (Wildman–Crippen LogP) is 2.27. The average Bonchev–Trinajstić information content (AvgIpc) is 3.39. The summed E-state index contributed by atoms with van der Waals surface area (Å²) in [6.45, 7) is 3.68. The van der Waals surface area contributed by atoms with Crippen molar-refractivity contribution in [1.82, 2.24) is 19.2 Å². The van der Waals surface area contributed by atoms with Crippen LogP contribution in [-0.4, -0.2) is 85.0 Å². The molecule has 2 fully saturated rings. The second-order valence-corrected chi connectivity index (χ2v) is 11.4. The van der Waals surface area contributed by atoms with E-state index in [0.29, 0.717) is 32.4 Å². The molecule has 202 valence electrons. The van der Waals surface area contributed by atoms with Crippen LogP contribution in [0.3, 0.4) is 0 Å². The van der Waals surface area contributed by atoms with Crippen LogP contribution in [0.15, 0.2) is 18.3 Å². The Kier molecular flexibility index (Phi) is 8.55. The number of nitrogens with one attached hydrogen (secondary N) is 1. The minimum atomic E-state index is -3.31. The van der Waals surface area contributed by atoms with E-state index in [2.05, 4.69) is 20.2 Å². The number of nitrogens with two attached hydrogens (primary N) is 1. The van der Waals surface area contributed by atoms with E-state index in [1.165, 1.54) is 24.3 Å². The molecule has 0 spiro atoms. The summed E-state index contributed by atoms with van der Waals surface area (Å²) < 4.78 is 60.1. The lowest BCUT2D eigenvalue weighted by Gasteiger charge is -2.31. The number of nitrogen functional groups attached to an aromatic ring is 1. The van der Waals surface area contributed by atoms with Gasteiger partial charge >= 0.3 is 0 Å². The molecule has 2 saturated heterocycles. The summed E-state index contributed by atoms with van der Waals surface area (Å²) in [5.41, 5.74) is 5.17. The maximum Gasteiger partial charge on any atom is 0.224 e. The van der Waals surface area contributed by atoms with Gasteiger partial charge in [-0.1, -0.05) is 0 Å². The van der Waals surface area contributed by atoms with E-state index in [1.807, 2.05) is 0 Å². The molecule has 1 aromatic heterocycles. The van der Waals surface area contributed by atoms with Crippen LogP contribution < -0.4 is 15.8 Å².